The van der Waals surface area contributed by atoms with Crippen LogP contribution in [0.5, 0.6) is 0 Å². The van der Waals surface area contributed by atoms with E-state index in [4.69, 9.17) is 23.3 Å². The minimum Gasteiger partial charge on any atom is -0.461 e. The maximum Gasteiger partial charge on any atom is 0.472 e. The topological polar surface area (TPSA) is 155 Å². The van der Waals surface area contributed by atoms with E-state index in [9.17, 15) is 28.9 Å². The highest BCUT2D eigenvalue weighted by Gasteiger charge is 2.28. The van der Waals surface area contributed by atoms with Crippen LogP contribution in [-0.4, -0.2) is 66.5 Å². The van der Waals surface area contributed by atoms with E-state index in [0.29, 0.717) is 19.3 Å². The van der Waals surface area contributed by atoms with Crippen molar-refractivity contribution in [1.29, 1.82) is 0 Å². The number of hydrogen-bond donors (Lipinski definition) is 2. The molecule has 0 aliphatic heterocycles. The average Bonchev–Trinajstić information content (AvgIpc) is 3.37. The van der Waals surface area contributed by atoms with Crippen molar-refractivity contribution in [1.82, 2.24) is 0 Å². The quantitative estimate of drug-likeness (QED) is 0.0197. The first-order chi connectivity index (χ1) is 35.2. The summed E-state index contributed by atoms with van der Waals surface area (Å²) in [6.07, 6.45) is 61.5. The largest absolute Gasteiger partial charge is 0.472 e. The molecule has 414 valence electrons. The number of aliphatic hydroxyl groups excluding tert-OH is 1. The van der Waals surface area contributed by atoms with Crippen LogP contribution in [0.25, 0.3) is 0 Å². The van der Waals surface area contributed by atoms with Gasteiger partial charge in [0.05, 0.1) is 26.2 Å². The SMILES string of the molecule is CC/C=C\C/C=C\C/C=C\C/C=C\C/C=C\CC(=O)OCC(COP(=O)(O)OCC(CO)OC(=O)CCCCCCC/C=C\CCCC)OC(=O)CCCCCCCCCCC/C=C\CCCCCCCC. The molecule has 0 saturated carbocycles. The van der Waals surface area contributed by atoms with E-state index in [1.165, 1.54) is 96.3 Å². The van der Waals surface area contributed by atoms with Crippen molar-refractivity contribution in [3.8, 4) is 0 Å². The average molecular weight is 1030 g/mol. The molecule has 0 aliphatic rings. The van der Waals surface area contributed by atoms with E-state index in [0.717, 1.165) is 83.5 Å². The van der Waals surface area contributed by atoms with Gasteiger partial charge in [0.2, 0.25) is 0 Å². The molecular formula is C60H103O11P. The first-order valence-electron chi connectivity index (χ1n) is 28.5. The van der Waals surface area contributed by atoms with Gasteiger partial charge in [0.1, 0.15) is 12.7 Å². The van der Waals surface area contributed by atoms with Gasteiger partial charge >= 0.3 is 25.7 Å². The van der Waals surface area contributed by atoms with Crippen LogP contribution < -0.4 is 0 Å². The molecule has 0 aromatic rings. The van der Waals surface area contributed by atoms with Crippen molar-refractivity contribution in [3.05, 3.63) is 85.1 Å². The van der Waals surface area contributed by atoms with Crippen molar-refractivity contribution in [3.63, 3.8) is 0 Å². The van der Waals surface area contributed by atoms with E-state index in [1.54, 1.807) is 6.08 Å². The predicted octanol–water partition coefficient (Wildman–Crippen LogP) is 16.7. The number of phosphoric ester groups is 1. The molecule has 0 heterocycles. The first-order valence-corrected chi connectivity index (χ1v) is 30.0. The van der Waals surface area contributed by atoms with Gasteiger partial charge in [-0.15, -0.1) is 0 Å². The molecule has 3 unspecified atom stereocenters. The van der Waals surface area contributed by atoms with Gasteiger partial charge in [-0.1, -0.05) is 215 Å². The molecule has 3 atom stereocenters. The Kier molecular flexibility index (Phi) is 51.4. The van der Waals surface area contributed by atoms with Crippen LogP contribution in [0.1, 0.15) is 239 Å². The zero-order chi connectivity index (χ0) is 52.7. The summed E-state index contributed by atoms with van der Waals surface area (Å²) in [7, 11) is -4.77. The Morgan fingerprint density at radius 3 is 1.21 bits per heavy atom. The third kappa shape index (κ3) is 51.6. The second-order valence-electron chi connectivity index (χ2n) is 18.7. The lowest BCUT2D eigenvalue weighted by atomic mass is 10.1. The molecule has 11 nitrogen and oxygen atoms in total. The molecule has 0 aliphatic carbocycles. The van der Waals surface area contributed by atoms with E-state index < -0.39 is 64.4 Å². The van der Waals surface area contributed by atoms with Gasteiger partial charge in [-0.05, 0) is 89.9 Å². The number of aliphatic hydroxyl groups is 1. The fourth-order valence-electron chi connectivity index (χ4n) is 7.46. The highest BCUT2D eigenvalue weighted by atomic mass is 31.2. The maximum atomic E-state index is 12.9. The number of hydrogen-bond acceptors (Lipinski definition) is 10. The Bertz CT molecular complexity index is 1530. The number of allylic oxidation sites excluding steroid dienone is 13. The summed E-state index contributed by atoms with van der Waals surface area (Å²) in [5.41, 5.74) is 0. The number of phosphoric acid groups is 1. The smallest absolute Gasteiger partial charge is 0.461 e. The summed E-state index contributed by atoms with van der Waals surface area (Å²) in [5, 5.41) is 9.78. The molecule has 0 aromatic carbocycles. The van der Waals surface area contributed by atoms with E-state index in [1.807, 2.05) is 12.2 Å². The Hall–Kier alpha value is -3.34. The predicted molar refractivity (Wildman–Crippen MR) is 298 cm³/mol. The van der Waals surface area contributed by atoms with Crippen molar-refractivity contribution < 1.29 is 52.2 Å². The zero-order valence-corrected chi connectivity index (χ0v) is 46.5. The number of esters is 3. The fourth-order valence-corrected chi connectivity index (χ4v) is 8.25. The van der Waals surface area contributed by atoms with Gasteiger partial charge < -0.3 is 24.2 Å². The van der Waals surface area contributed by atoms with Crippen LogP contribution in [0.2, 0.25) is 0 Å². The molecule has 2 N–H and O–H groups in total. The van der Waals surface area contributed by atoms with Crippen molar-refractivity contribution >= 4 is 25.7 Å². The minimum atomic E-state index is -4.77. The summed E-state index contributed by atoms with van der Waals surface area (Å²) >= 11 is 0. The molecule has 0 radical (unpaired) electrons. The monoisotopic (exact) mass is 1030 g/mol. The van der Waals surface area contributed by atoms with Crippen LogP contribution in [0.4, 0.5) is 0 Å². The van der Waals surface area contributed by atoms with Gasteiger partial charge in [-0.25, -0.2) is 4.57 Å². The van der Waals surface area contributed by atoms with Crippen LogP contribution in [0, 0.1) is 0 Å². The summed E-state index contributed by atoms with van der Waals surface area (Å²) < 4.78 is 39.3. The molecule has 12 heteroatoms. The molecule has 72 heavy (non-hydrogen) atoms. The van der Waals surface area contributed by atoms with E-state index in [-0.39, 0.29) is 19.3 Å². The Balaban J connectivity index is 4.82. The molecule has 0 amide bonds. The summed E-state index contributed by atoms with van der Waals surface area (Å²) in [5.74, 6) is -1.63. The minimum absolute atomic E-state index is 0.00824. The van der Waals surface area contributed by atoms with Gasteiger partial charge in [0.15, 0.2) is 6.10 Å². The molecule has 0 spiro atoms. The van der Waals surface area contributed by atoms with Crippen molar-refractivity contribution in [2.45, 2.75) is 251 Å². The van der Waals surface area contributed by atoms with Crippen LogP contribution in [-0.2, 0) is 42.2 Å². The summed E-state index contributed by atoms with van der Waals surface area (Å²) in [6, 6.07) is 0. The van der Waals surface area contributed by atoms with Crippen LogP contribution in [0.15, 0.2) is 85.1 Å². The molecule has 0 bridgehead atoms. The summed E-state index contributed by atoms with van der Waals surface area (Å²) in [4.78, 5) is 48.4. The standard InChI is InChI=1S/C60H103O11P/c1-4-7-10-13-16-19-22-24-26-27-28-29-31-33-36-39-42-45-48-51-60(64)71-57(53-67-58(62)49-46-43-40-37-35-32-30-25-23-20-17-14-11-8-5-2)55-69-72(65,66)68-54-56(52-61)70-59(63)50-47-44-41-38-34-21-18-15-12-9-6-3/h8,11,15,17-18,20,24-26,30,35,37,43,46,56-57,61H,4-7,9-10,12-14,16,19,21-23,27-29,31-34,36,38-42,44-45,47-55H2,1-3H3,(H,65,66)/b11-8-,18-15-,20-17-,26-24-,30-25-,37-35-,46-43-. The second kappa shape index (κ2) is 53.9. The van der Waals surface area contributed by atoms with Gasteiger partial charge in [-0.3, -0.25) is 23.4 Å². The van der Waals surface area contributed by atoms with Gasteiger partial charge in [0, 0.05) is 12.8 Å². The number of carbonyl (C=O) groups excluding carboxylic acids is 3. The number of carbonyl (C=O) groups is 3. The molecule has 0 fully saturated rings. The molecule has 0 rings (SSSR count). The van der Waals surface area contributed by atoms with Crippen molar-refractivity contribution in [2.24, 2.45) is 0 Å². The highest BCUT2D eigenvalue weighted by molar-refractivity contribution is 7.47. The number of unbranched alkanes of at least 4 members (excludes halogenated alkanes) is 22. The first kappa shape index (κ1) is 68.7. The molecule has 0 saturated heterocycles. The Morgan fingerprint density at radius 2 is 0.778 bits per heavy atom. The lowest BCUT2D eigenvalue weighted by Gasteiger charge is -2.21. The van der Waals surface area contributed by atoms with Gasteiger partial charge in [0.25, 0.3) is 0 Å². The fraction of sp³-hybridized carbons (Fsp3) is 0.717. The third-order valence-corrected chi connectivity index (χ3v) is 12.8. The summed E-state index contributed by atoms with van der Waals surface area (Å²) in [6.45, 7) is 4.36. The molecule has 0 aromatic heterocycles. The second-order valence-corrected chi connectivity index (χ2v) is 20.2. The number of rotatable bonds is 52. The van der Waals surface area contributed by atoms with Crippen LogP contribution >= 0.6 is 7.82 Å². The van der Waals surface area contributed by atoms with E-state index >= 15 is 0 Å². The molecular weight excluding hydrogens is 928 g/mol. The maximum absolute atomic E-state index is 12.9. The normalized spacial score (nSPS) is 14.0. The lowest BCUT2D eigenvalue weighted by molar-refractivity contribution is -0.161. The lowest BCUT2D eigenvalue weighted by Crippen LogP contribution is -2.30. The van der Waals surface area contributed by atoms with Crippen LogP contribution in [0.3, 0.4) is 0 Å². The van der Waals surface area contributed by atoms with Gasteiger partial charge in [-0.2, -0.15) is 0 Å². The Morgan fingerprint density at radius 1 is 0.417 bits per heavy atom. The third-order valence-electron chi connectivity index (χ3n) is 11.8. The zero-order valence-electron chi connectivity index (χ0n) is 45.6. The Labute approximate surface area is 439 Å². The highest BCUT2D eigenvalue weighted by Crippen LogP contribution is 2.43. The van der Waals surface area contributed by atoms with E-state index in [2.05, 4.69) is 87.6 Å². The number of ether oxygens (including phenoxy) is 3. The van der Waals surface area contributed by atoms with Crippen molar-refractivity contribution in [2.75, 3.05) is 26.4 Å².